The molecule has 1 aliphatic rings. The summed E-state index contributed by atoms with van der Waals surface area (Å²) in [5.41, 5.74) is 0.723. The van der Waals surface area contributed by atoms with Gasteiger partial charge in [-0.15, -0.1) is 0 Å². The molecule has 0 aromatic heterocycles. The Hall–Kier alpha value is -3.43. The number of para-hydroxylation sites is 2. The van der Waals surface area contributed by atoms with Gasteiger partial charge in [0, 0.05) is 5.56 Å². The molecular formula is C30H42N4O5. The van der Waals surface area contributed by atoms with Crippen LogP contribution in [0.2, 0.25) is 0 Å². The first-order valence-corrected chi connectivity index (χ1v) is 13.5. The second-order valence-corrected chi connectivity index (χ2v) is 11.8. The van der Waals surface area contributed by atoms with E-state index >= 15 is 0 Å². The van der Waals surface area contributed by atoms with Gasteiger partial charge in [-0.2, -0.15) is 0 Å². The van der Waals surface area contributed by atoms with E-state index in [4.69, 9.17) is 9.47 Å². The normalized spacial score (nSPS) is 15.2. The molecule has 2 amide bonds. The molecule has 0 radical (unpaired) electrons. The van der Waals surface area contributed by atoms with Gasteiger partial charge in [-0.1, -0.05) is 24.3 Å². The van der Waals surface area contributed by atoms with E-state index in [2.05, 4.69) is 21.3 Å². The van der Waals surface area contributed by atoms with Crippen molar-refractivity contribution in [2.24, 2.45) is 5.92 Å². The Balaban J connectivity index is 1.71. The number of ether oxygens (including phenoxy) is 2. The quantitative estimate of drug-likeness (QED) is 0.339. The van der Waals surface area contributed by atoms with Crippen LogP contribution in [0, 0.1) is 5.92 Å². The fourth-order valence-electron chi connectivity index (χ4n) is 4.20. The van der Waals surface area contributed by atoms with Gasteiger partial charge in [0.15, 0.2) is 0 Å². The maximum Gasteiger partial charge on any atom is 0.412 e. The second-order valence-electron chi connectivity index (χ2n) is 11.8. The Morgan fingerprint density at radius 1 is 0.846 bits per heavy atom. The smallest absolute Gasteiger partial charge is 0.412 e. The zero-order valence-corrected chi connectivity index (χ0v) is 23.9. The third-order valence-electron chi connectivity index (χ3n) is 6.03. The molecule has 1 heterocycles. The van der Waals surface area contributed by atoms with Gasteiger partial charge in [-0.25, -0.2) is 9.59 Å². The Bertz CT molecular complexity index is 1130. The van der Waals surface area contributed by atoms with Crippen LogP contribution in [0.25, 0.3) is 0 Å². The van der Waals surface area contributed by atoms with Crippen LogP contribution in [0.3, 0.4) is 0 Å². The highest BCUT2D eigenvalue weighted by Crippen LogP contribution is 2.24. The molecule has 1 aliphatic heterocycles. The SMILES string of the molecule is CC(C)(C)OC(=O)Nc1ccccc1NC(=O)c1ccc(C(NCC2CCNCC2)C(=O)OC(C)(C)C)cc1. The lowest BCUT2D eigenvalue weighted by Crippen LogP contribution is -2.39. The first-order chi connectivity index (χ1) is 18.3. The Kier molecular flexibility index (Phi) is 10.1. The number of anilines is 2. The number of carbonyl (C=O) groups excluding carboxylic acids is 3. The molecular weight excluding hydrogens is 496 g/mol. The predicted octanol–water partition coefficient (Wildman–Crippen LogP) is 5.26. The van der Waals surface area contributed by atoms with Crippen molar-refractivity contribution in [3.05, 3.63) is 59.7 Å². The molecule has 0 saturated carbocycles. The molecule has 4 N–H and O–H groups in total. The van der Waals surface area contributed by atoms with Gasteiger partial charge in [0.05, 0.1) is 11.4 Å². The number of hydrogen-bond donors (Lipinski definition) is 4. The van der Waals surface area contributed by atoms with Crippen LogP contribution >= 0.6 is 0 Å². The third-order valence-corrected chi connectivity index (χ3v) is 6.03. The standard InChI is InChI=1S/C30H42N4O5/c1-29(2,3)38-27(36)25(32-19-20-15-17-31-18-16-20)21-11-13-22(14-12-21)26(35)33-23-9-7-8-10-24(23)34-28(37)39-30(4,5)6/h7-14,20,25,31-32H,15-19H2,1-6H3,(H,33,35)(H,34,37). The number of rotatable bonds is 8. The number of piperidine rings is 1. The molecule has 1 saturated heterocycles. The largest absolute Gasteiger partial charge is 0.459 e. The minimum absolute atomic E-state index is 0.350. The molecule has 0 spiro atoms. The number of nitrogens with one attached hydrogen (secondary N) is 4. The zero-order chi connectivity index (χ0) is 28.6. The van der Waals surface area contributed by atoms with E-state index in [-0.39, 0.29) is 11.9 Å². The molecule has 2 aromatic carbocycles. The van der Waals surface area contributed by atoms with Crippen molar-refractivity contribution in [2.45, 2.75) is 71.6 Å². The highest BCUT2D eigenvalue weighted by Gasteiger charge is 2.28. The predicted molar refractivity (Wildman–Crippen MR) is 153 cm³/mol. The van der Waals surface area contributed by atoms with Crippen molar-refractivity contribution in [1.29, 1.82) is 0 Å². The van der Waals surface area contributed by atoms with Crippen molar-refractivity contribution >= 4 is 29.3 Å². The third kappa shape index (κ3) is 10.00. The van der Waals surface area contributed by atoms with E-state index < -0.39 is 23.3 Å². The Morgan fingerprint density at radius 3 is 1.97 bits per heavy atom. The van der Waals surface area contributed by atoms with E-state index in [0.29, 0.717) is 29.4 Å². The summed E-state index contributed by atoms with van der Waals surface area (Å²) in [7, 11) is 0. The number of esters is 1. The fourth-order valence-corrected chi connectivity index (χ4v) is 4.20. The van der Waals surface area contributed by atoms with Gasteiger partial charge in [0.2, 0.25) is 0 Å². The fraction of sp³-hybridized carbons (Fsp3) is 0.500. The lowest BCUT2D eigenvalue weighted by Gasteiger charge is -2.28. The topological polar surface area (TPSA) is 118 Å². The number of carbonyl (C=O) groups is 3. The van der Waals surface area contributed by atoms with E-state index in [0.717, 1.165) is 31.5 Å². The average molecular weight is 539 g/mol. The van der Waals surface area contributed by atoms with Crippen molar-refractivity contribution in [3.63, 3.8) is 0 Å². The summed E-state index contributed by atoms with van der Waals surface area (Å²) in [5.74, 6) is -0.220. The van der Waals surface area contributed by atoms with Crippen molar-refractivity contribution in [3.8, 4) is 0 Å². The maximum atomic E-state index is 13.1. The van der Waals surface area contributed by atoms with Crippen molar-refractivity contribution in [2.75, 3.05) is 30.3 Å². The summed E-state index contributed by atoms with van der Waals surface area (Å²) in [4.78, 5) is 38.4. The molecule has 1 atom stereocenters. The monoisotopic (exact) mass is 538 g/mol. The van der Waals surface area contributed by atoms with Gasteiger partial charge in [0.25, 0.3) is 5.91 Å². The summed E-state index contributed by atoms with van der Waals surface area (Å²) >= 11 is 0. The van der Waals surface area contributed by atoms with Crippen LogP contribution in [0.15, 0.2) is 48.5 Å². The van der Waals surface area contributed by atoms with Crippen molar-refractivity contribution < 1.29 is 23.9 Å². The molecule has 2 aromatic rings. The van der Waals surface area contributed by atoms with Gasteiger partial charge in [0.1, 0.15) is 17.2 Å². The van der Waals surface area contributed by atoms with Gasteiger partial charge >= 0.3 is 12.1 Å². The zero-order valence-electron chi connectivity index (χ0n) is 23.9. The first-order valence-electron chi connectivity index (χ1n) is 13.5. The molecule has 0 bridgehead atoms. The van der Waals surface area contributed by atoms with Crippen LogP contribution in [0.1, 0.15) is 76.3 Å². The lowest BCUT2D eigenvalue weighted by atomic mass is 9.97. The lowest BCUT2D eigenvalue weighted by molar-refractivity contribution is -0.157. The highest BCUT2D eigenvalue weighted by molar-refractivity contribution is 6.07. The molecule has 9 heteroatoms. The van der Waals surface area contributed by atoms with Crippen LogP contribution in [-0.4, -0.2) is 48.8 Å². The number of hydrogen-bond acceptors (Lipinski definition) is 7. The molecule has 9 nitrogen and oxygen atoms in total. The number of benzene rings is 2. The minimum atomic E-state index is -0.649. The summed E-state index contributed by atoms with van der Waals surface area (Å²) in [6.07, 6.45) is 1.49. The molecule has 39 heavy (non-hydrogen) atoms. The van der Waals surface area contributed by atoms with E-state index in [1.54, 1.807) is 69.3 Å². The van der Waals surface area contributed by atoms with E-state index in [1.807, 2.05) is 20.8 Å². The van der Waals surface area contributed by atoms with Crippen LogP contribution in [0.4, 0.5) is 16.2 Å². The van der Waals surface area contributed by atoms with Crippen LogP contribution < -0.4 is 21.3 Å². The Labute approximate surface area is 231 Å². The highest BCUT2D eigenvalue weighted by atomic mass is 16.6. The van der Waals surface area contributed by atoms with Crippen LogP contribution in [0.5, 0.6) is 0 Å². The van der Waals surface area contributed by atoms with Gasteiger partial charge < -0.3 is 25.4 Å². The van der Waals surface area contributed by atoms with E-state index in [9.17, 15) is 14.4 Å². The Morgan fingerprint density at radius 2 is 1.41 bits per heavy atom. The molecule has 212 valence electrons. The summed E-state index contributed by atoms with van der Waals surface area (Å²) in [5, 5.41) is 12.3. The average Bonchev–Trinajstić information content (AvgIpc) is 2.84. The summed E-state index contributed by atoms with van der Waals surface area (Å²) in [6, 6.07) is 13.1. The van der Waals surface area contributed by atoms with E-state index in [1.165, 1.54) is 0 Å². The maximum absolute atomic E-state index is 13.1. The van der Waals surface area contributed by atoms with Gasteiger partial charge in [-0.05, 0) is 110 Å². The van der Waals surface area contributed by atoms with Gasteiger partial charge in [-0.3, -0.25) is 10.1 Å². The second kappa shape index (κ2) is 13.1. The molecule has 1 unspecified atom stereocenters. The summed E-state index contributed by atoms with van der Waals surface area (Å²) in [6.45, 7) is 13.5. The first kappa shape index (κ1) is 30.1. The van der Waals surface area contributed by atoms with Crippen molar-refractivity contribution in [1.82, 2.24) is 10.6 Å². The van der Waals surface area contributed by atoms with Crippen LogP contribution in [-0.2, 0) is 14.3 Å². The number of amides is 2. The minimum Gasteiger partial charge on any atom is -0.459 e. The molecule has 1 fully saturated rings. The summed E-state index contributed by atoms with van der Waals surface area (Å²) < 4.78 is 11.0. The molecule has 3 rings (SSSR count). The molecule has 0 aliphatic carbocycles.